The summed E-state index contributed by atoms with van der Waals surface area (Å²) in [5.74, 6) is 1.03. The Hall–Kier alpha value is -3.18. The number of nitrogens with one attached hydrogen (secondary N) is 1. The van der Waals surface area contributed by atoms with Crippen molar-refractivity contribution in [2.75, 3.05) is 20.7 Å². The van der Waals surface area contributed by atoms with Crippen molar-refractivity contribution in [1.29, 1.82) is 0 Å². The van der Waals surface area contributed by atoms with Crippen LogP contribution in [0.1, 0.15) is 45.5 Å². The predicted molar refractivity (Wildman–Crippen MR) is 122 cm³/mol. The third-order valence-electron chi connectivity index (χ3n) is 6.24. The molecule has 2 heterocycles. The summed E-state index contributed by atoms with van der Waals surface area (Å²) >= 11 is 0. The van der Waals surface area contributed by atoms with Crippen LogP contribution in [0.4, 0.5) is 0 Å². The lowest BCUT2D eigenvalue weighted by atomic mass is 9.79. The van der Waals surface area contributed by atoms with Gasteiger partial charge in [0.1, 0.15) is 5.75 Å². The molecule has 160 valence electrons. The van der Waals surface area contributed by atoms with Crippen LogP contribution in [0.2, 0.25) is 0 Å². The second-order valence-electron chi connectivity index (χ2n) is 8.08. The van der Waals surface area contributed by atoms with Crippen molar-refractivity contribution in [3.8, 4) is 5.75 Å². The highest BCUT2D eigenvalue weighted by molar-refractivity contribution is 5.97. The fourth-order valence-corrected chi connectivity index (χ4v) is 4.41. The number of aromatic nitrogens is 1. The summed E-state index contributed by atoms with van der Waals surface area (Å²) in [7, 11) is 3.58. The molecule has 0 bridgehead atoms. The van der Waals surface area contributed by atoms with E-state index in [1.165, 1.54) is 16.7 Å². The van der Waals surface area contributed by atoms with Crippen LogP contribution in [0, 0.1) is 0 Å². The fraction of sp³-hybridized carbons (Fsp3) is 0.308. The summed E-state index contributed by atoms with van der Waals surface area (Å²) < 4.78 is 5.64. The van der Waals surface area contributed by atoms with E-state index >= 15 is 0 Å². The highest BCUT2D eigenvalue weighted by Gasteiger charge is 2.36. The molecule has 4 rings (SSSR count). The molecule has 5 nitrogen and oxygen atoms in total. The molecule has 0 saturated carbocycles. The highest BCUT2D eigenvalue weighted by Crippen LogP contribution is 2.38. The van der Waals surface area contributed by atoms with Gasteiger partial charge in [-0.1, -0.05) is 42.5 Å². The fourth-order valence-electron chi connectivity index (χ4n) is 4.41. The van der Waals surface area contributed by atoms with Gasteiger partial charge in [-0.15, -0.1) is 0 Å². The Bertz CT molecular complexity index is 1050. The van der Waals surface area contributed by atoms with Gasteiger partial charge >= 0.3 is 0 Å². The standard InChI is InChI=1S/C26H29N3O2/c1-18-25(22-12-14-28-17-23(22)26(30)29(18)2)21-9-10-24(31-3)20(15-21)11-13-27-16-19-7-5-4-6-8-19/h4-10,12,14-15,17-18,25,27H,11,13,16H2,1-3H3. The van der Waals surface area contributed by atoms with E-state index in [0.717, 1.165) is 30.8 Å². The molecule has 1 aliphatic rings. The van der Waals surface area contributed by atoms with Gasteiger partial charge in [0, 0.05) is 37.9 Å². The Morgan fingerprint density at radius 2 is 1.94 bits per heavy atom. The number of ether oxygens (including phenoxy) is 1. The van der Waals surface area contributed by atoms with Gasteiger partial charge in [-0.05, 0) is 54.3 Å². The van der Waals surface area contributed by atoms with E-state index in [0.29, 0.717) is 5.56 Å². The Morgan fingerprint density at radius 1 is 1.13 bits per heavy atom. The molecule has 0 aliphatic carbocycles. The lowest BCUT2D eigenvalue weighted by molar-refractivity contribution is 0.0704. The topological polar surface area (TPSA) is 54.5 Å². The molecule has 5 heteroatoms. The van der Waals surface area contributed by atoms with Crippen LogP contribution in [0.3, 0.4) is 0 Å². The van der Waals surface area contributed by atoms with Crippen LogP contribution in [-0.2, 0) is 13.0 Å². The van der Waals surface area contributed by atoms with Crippen LogP contribution < -0.4 is 10.1 Å². The Kier molecular flexibility index (Phi) is 6.33. The number of hydrogen-bond acceptors (Lipinski definition) is 4. The molecule has 31 heavy (non-hydrogen) atoms. The smallest absolute Gasteiger partial charge is 0.255 e. The molecule has 0 spiro atoms. The summed E-state index contributed by atoms with van der Waals surface area (Å²) in [6.07, 6.45) is 4.32. The molecule has 0 saturated heterocycles. The van der Waals surface area contributed by atoms with Crippen molar-refractivity contribution < 1.29 is 9.53 Å². The van der Waals surface area contributed by atoms with Gasteiger partial charge in [-0.2, -0.15) is 0 Å². The number of fused-ring (bicyclic) bond motifs is 1. The molecule has 1 aliphatic heterocycles. The number of rotatable bonds is 7. The van der Waals surface area contributed by atoms with E-state index in [-0.39, 0.29) is 17.9 Å². The first-order chi connectivity index (χ1) is 15.1. The van der Waals surface area contributed by atoms with Gasteiger partial charge in [0.25, 0.3) is 5.91 Å². The number of carbonyl (C=O) groups excluding carboxylic acids is 1. The minimum atomic E-state index is 0.0331. The van der Waals surface area contributed by atoms with Gasteiger partial charge in [-0.25, -0.2) is 0 Å². The van der Waals surface area contributed by atoms with E-state index in [9.17, 15) is 4.79 Å². The largest absolute Gasteiger partial charge is 0.496 e. The van der Waals surface area contributed by atoms with Gasteiger partial charge in [0.15, 0.2) is 0 Å². The molecular formula is C26H29N3O2. The quantitative estimate of drug-likeness (QED) is 0.592. The molecule has 2 atom stereocenters. The summed E-state index contributed by atoms with van der Waals surface area (Å²) in [4.78, 5) is 18.7. The van der Waals surface area contributed by atoms with Crippen molar-refractivity contribution in [3.63, 3.8) is 0 Å². The van der Waals surface area contributed by atoms with Crippen LogP contribution in [-0.4, -0.2) is 42.5 Å². The molecule has 2 unspecified atom stereocenters. The zero-order chi connectivity index (χ0) is 21.8. The van der Waals surface area contributed by atoms with Crippen molar-refractivity contribution in [1.82, 2.24) is 15.2 Å². The number of pyridine rings is 1. The average molecular weight is 416 g/mol. The zero-order valence-corrected chi connectivity index (χ0v) is 18.3. The summed E-state index contributed by atoms with van der Waals surface area (Å²) in [6.45, 7) is 3.81. The maximum Gasteiger partial charge on any atom is 0.255 e. The average Bonchev–Trinajstić information content (AvgIpc) is 2.81. The van der Waals surface area contributed by atoms with Crippen molar-refractivity contribution in [3.05, 3.63) is 94.8 Å². The van der Waals surface area contributed by atoms with Gasteiger partial charge < -0.3 is 15.0 Å². The van der Waals surface area contributed by atoms with Crippen LogP contribution in [0.15, 0.2) is 67.0 Å². The number of carbonyl (C=O) groups is 1. The molecule has 0 radical (unpaired) electrons. The van der Waals surface area contributed by atoms with Crippen molar-refractivity contribution in [2.24, 2.45) is 0 Å². The van der Waals surface area contributed by atoms with Crippen LogP contribution in [0.5, 0.6) is 5.75 Å². The SMILES string of the molecule is COc1ccc(C2c3ccncc3C(=O)N(C)C2C)cc1CCNCc1ccccc1. The van der Waals surface area contributed by atoms with Gasteiger partial charge in [0.05, 0.1) is 12.7 Å². The number of methoxy groups -OCH3 is 1. The first-order valence-electron chi connectivity index (χ1n) is 10.7. The minimum Gasteiger partial charge on any atom is -0.496 e. The van der Waals surface area contributed by atoms with Gasteiger partial charge in [0.2, 0.25) is 0 Å². The molecule has 1 aromatic heterocycles. The van der Waals surface area contributed by atoms with Crippen molar-refractivity contribution >= 4 is 5.91 Å². The summed E-state index contributed by atoms with van der Waals surface area (Å²) in [5, 5.41) is 3.52. The molecule has 3 aromatic rings. The number of hydrogen-bond donors (Lipinski definition) is 1. The van der Waals surface area contributed by atoms with E-state index in [1.54, 1.807) is 19.5 Å². The number of benzene rings is 2. The summed E-state index contributed by atoms with van der Waals surface area (Å²) in [6, 6.07) is 18.8. The van der Waals surface area contributed by atoms with Crippen molar-refractivity contribution in [2.45, 2.75) is 31.8 Å². The summed E-state index contributed by atoms with van der Waals surface area (Å²) in [5.41, 5.74) is 5.37. The predicted octanol–water partition coefficient (Wildman–Crippen LogP) is 4.03. The van der Waals surface area contributed by atoms with Crippen LogP contribution >= 0.6 is 0 Å². The van der Waals surface area contributed by atoms with Crippen LogP contribution in [0.25, 0.3) is 0 Å². The van der Waals surface area contributed by atoms with E-state index in [1.807, 2.05) is 30.1 Å². The number of nitrogens with zero attached hydrogens (tertiary/aromatic N) is 2. The third kappa shape index (κ3) is 4.32. The Balaban J connectivity index is 1.57. The normalized spacial score (nSPS) is 18.0. The third-order valence-corrected chi connectivity index (χ3v) is 6.24. The van der Waals surface area contributed by atoms with E-state index < -0.39 is 0 Å². The molecule has 1 N–H and O–H groups in total. The molecular weight excluding hydrogens is 386 g/mol. The number of likely N-dealkylation sites (N-methyl/N-ethyl adjacent to an activating group) is 1. The van der Waals surface area contributed by atoms with E-state index in [2.05, 4.69) is 53.6 Å². The second-order valence-corrected chi connectivity index (χ2v) is 8.08. The molecule has 2 aromatic carbocycles. The monoisotopic (exact) mass is 415 g/mol. The van der Waals surface area contributed by atoms with E-state index in [4.69, 9.17) is 4.74 Å². The first kappa shape index (κ1) is 21.1. The first-order valence-corrected chi connectivity index (χ1v) is 10.7. The van der Waals surface area contributed by atoms with Gasteiger partial charge in [-0.3, -0.25) is 9.78 Å². The molecule has 0 fully saturated rings. The highest BCUT2D eigenvalue weighted by atomic mass is 16.5. The maximum atomic E-state index is 12.7. The Labute approximate surface area is 184 Å². The second kappa shape index (κ2) is 9.31. The Morgan fingerprint density at radius 3 is 2.71 bits per heavy atom. The lowest BCUT2D eigenvalue weighted by Gasteiger charge is -2.38. The lowest BCUT2D eigenvalue weighted by Crippen LogP contribution is -2.44. The molecule has 1 amide bonds. The maximum absolute atomic E-state index is 12.7. The zero-order valence-electron chi connectivity index (χ0n) is 18.3. The number of amides is 1. The minimum absolute atomic E-state index is 0.0331.